The molecular weight excluding hydrogens is 327 g/mol. The van der Waals surface area contributed by atoms with Crippen molar-refractivity contribution >= 4 is 17.7 Å². The molecule has 2 N–H and O–H groups in total. The molecule has 0 bridgehead atoms. The van der Waals surface area contributed by atoms with Gasteiger partial charge in [-0.15, -0.1) is 0 Å². The van der Waals surface area contributed by atoms with Gasteiger partial charge in [0.05, 0.1) is 0 Å². The summed E-state index contributed by atoms with van der Waals surface area (Å²) in [6.45, 7) is 0. The molecule has 0 spiro atoms. The molecule has 5 nitrogen and oxygen atoms in total. The Hall–Kier alpha value is -3.02. The highest BCUT2D eigenvalue weighted by molar-refractivity contribution is 6.09. The summed E-state index contributed by atoms with van der Waals surface area (Å²) in [6, 6.07) is 10.0. The van der Waals surface area contributed by atoms with Gasteiger partial charge in [0, 0.05) is 24.0 Å². The first-order valence-electron chi connectivity index (χ1n) is 7.72. The minimum Gasteiger partial charge on any atom is -0.481 e. The van der Waals surface area contributed by atoms with E-state index < -0.39 is 17.8 Å². The van der Waals surface area contributed by atoms with E-state index in [9.17, 15) is 18.8 Å². The van der Waals surface area contributed by atoms with Gasteiger partial charge in [0.15, 0.2) is 5.78 Å². The predicted molar refractivity (Wildman–Crippen MR) is 88.2 cm³/mol. The number of carboxylic acid groups (broad SMARTS) is 2. The predicted octanol–water partition coefficient (Wildman–Crippen LogP) is 3.09. The Morgan fingerprint density at radius 1 is 0.760 bits per heavy atom. The van der Waals surface area contributed by atoms with Crippen LogP contribution >= 0.6 is 0 Å². The number of aliphatic carboxylic acids is 2. The lowest BCUT2D eigenvalue weighted by molar-refractivity contribution is -0.137. The van der Waals surface area contributed by atoms with Crippen LogP contribution in [0.5, 0.6) is 0 Å². The van der Waals surface area contributed by atoms with Crippen LogP contribution < -0.4 is 0 Å². The van der Waals surface area contributed by atoms with Crippen molar-refractivity contribution in [1.82, 2.24) is 0 Å². The summed E-state index contributed by atoms with van der Waals surface area (Å²) in [5.74, 6) is -2.69. The van der Waals surface area contributed by atoms with Gasteiger partial charge in [0.1, 0.15) is 5.82 Å². The molecule has 0 aliphatic rings. The molecule has 0 fully saturated rings. The molecule has 0 amide bonds. The molecule has 6 heteroatoms. The van der Waals surface area contributed by atoms with Gasteiger partial charge < -0.3 is 10.2 Å². The van der Waals surface area contributed by atoms with E-state index in [-0.39, 0.29) is 31.5 Å². The number of halogens is 1. The van der Waals surface area contributed by atoms with Crippen LogP contribution in [0.4, 0.5) is 4.39 Å². The number of hydrogen-bond acceptors (Lipinski definition) is 3. The highest BCUT2D eigenvalue weighted by atomic mass is 19.1. The number of aryl methyl sites for hydroxylation is 2. The summed E-state index contributed by atoms with van der Waals surface area (Å²) in [7, 11) is 0. The fourth-order valence-electron chi connectivity index (χ4n) is 2.45. The lowest BCUT2D eigenvalue weighted by Gasteiger charge is -2.09. The van der Waals surface area contributed by atoms with Crippen LogP contribution in [0.2, 0.25) is 0 Å². The number of benzene rings is 2. The highest BCUT2D eigenvalue weighted by Gasteiger charge is 2.13. The van der Waals surface area contributed by atoms with Crippen molar-refractivity contribution < 1.29 is 29.0 Å². The summed E-state index contributed by atoms with van der Waals surface area (Å²) in [6.07, 6.45) is 0.291. The Kier molecular flexibility index (Phi) is 6.00. The van der Waals surface area contributed by atoms with Gasteiger partial charge in [-0.2, -0.15) is 0 Å². The maximum atomic E-state index is 13.0. The van der Waals surface area contributed by atoms with Gasteiger partial charge in [-0.3, -0.25) is 14.4 Å². The molecule has 2 aromatic rings. The third-order valence-electron chi connectivity index (χ3n) is 3.68. The summed E-state index contributed by atoms with van der Waals surface area (Å²) >= 11 is 0. The van der Waals surface area contributed by atoms with Gasteiger partial charge >= 0.3 is 11.9 Å². The average Bonchev–Trinajstić information content (AvgIpc) is 2.58. The van der Waals surface area contributed by atoms with E-state index in [0.717, 1.165) is 0 Å². The lowest BCUT2D eigenvalue weighted by atomic mass is 9.95. The van der Waals surface area contributed by atoms with E-state index in [0.29, 0.717) is 22.3 Å². The molecule has 0 radical (unpaired) electrons. The zero-order chi connectivity index (χ0) is 18.4. The molecule has 25 heavy (non-hydrogen) atoms. The van der Waals surface area contributed by atoms with E-state index in [4.69, 9.17) is 10.2 Å². The normalized spacial score (nSPS) is 10.4. The van der Waals surface area contributed by atoms with Crippen LogP contribution in [0.25, 0.3) is 0 Å². The quantitative estimate of drug-likeness (QED) is 0.718. The average molecular weight is 344 g/mol. The molecule has 0 unspecified atom stereocenters. The minimum atomic E-state index is -0.956. The van der Waals surface area contributed by atoms with E-state index in [1.165, 1.54) is 24.3 Å². The van der Waals surface area contributed by atoms with Gasteiger partial charge in [0.25, 0.3) is 0 Å². The highest BCUT2D eigenvalue weighted by Crippen LogP contribution is 2.18. The first-order chi connectivity index (χ1) is 11.8. The first-order valence-corrected chi connectivity index (χ1v) is 7.72. The molecule has 0 atom stereocenters. The van der Waals surface area contributed by atoms with Crippen LogP contribution in [0.15, 0.2) is 42.5 Å². The molecule has 0 heterocycles. The lowest BCUT2D eigenvalue weighted by Crippen LogP contribution is -2.06. The number of carbonyl (C=O) groups excluding carboxylic acids is 1. The van der Waals surface area contributed by atoms with Crippen molar-refractivity contribution in [1.29, 1.82) is 0 Å². The molecule has 130 valence electrons. The molecule has 0 saturated heterocycles. The summed E-state index contributed by atoms with van der Waals surface area (Å²) in [4.78, 5) is 34.1. The number of ketones is 1. The maximum absolute atomic E-state index is 13.0. The van der Waals surface area contributed by atoms with Crippen molar-refractivity contribution in [2.75, 3.05) is 0 Å². The third-order valence-corrected chi connectivity index (χ3v) is 3.68. The van der Waals surface area contributed by atoms with Crippen LogP contribution in [-0.4, -0.2) is 27.9 Å². The number of hydrogen-bond donors (Lipinski definition) is 2. The Balaban J connectivity index is 2.33. The summed E-state index contributed by atoms with van der Waals surface area (Å²) in [5.41, 5.74) is 1.93. The fourth-order valence-corrected chi connectivity index (χ4v) is 2.45. The van der Waals surface area contributed by atoms with Gasteiger partial charge in [-0.1, -0.05) is 6.07 Å². The fraction of sp³-hybridized carbons (Fsp3) is 0.211. The van der Waals surface area contributed by atoms with Gasteiger partial charge in [-0.05, 0) is 60.4 Å². The number of carboxylic acids is 2. The summed E-state index contributed by atoms with van der Waals surface area (Å²) in [5, 5.41) is 17.6. The monoisotopic (exact) mass is 344 g/mol. The SMILES string of the molecule is O=C(O)CCc1cc(CCC(=O)O)cc(C(=O)c2ccc(F)cc2)c1. The standard InChI is InChI=1S/C19H17FO5/c20-16-5-3-14(4-6-16)19(25)15-10-12(1-7-17(21)22)9-13(11-15)2-8-18(23)24/h3-6,9-11H,1-2,7-8H2,(H,21,22)(H,23,24). The Labute approximate surface area is 143 Å². The topological polar surface area (TPSA) is 91.7 Å². The Bertz CT molecular complexity index is 760. The summed E-state index contributed by atoms with van der Waals surface area (Å²) < 4.78 is 13.0. The van der Waals surface area contributed by atoms with Crippen molar-refractivity contribution in [2.24, 2.45) is 0 Å². The van der Waals surface area contributed by atoms with Crippen molar-refractivity contribution in [2.45, 2.75) is 25.7 Å². The number of rotatable bonds is 8. The van der Waals surface area contributed by atoms with E-state index in [1.807, 2.05) is 0 Å². The molecular formula is C19H17FO5. The zero-order valence-electron chi connectivity index (χ0n) is 13.4. The largest absolute Gasteiger partial charge is 0.481 e. The molecule has 0 aliphatic carbocycles. The first kappa shape index (κ1) is 18.3. The maximum Gasteiger partial charge on any atom is 0.303 e. The third kappa shape index (κ3) is 5.53. The Morgan fingerprint density at radius 2 is 1.24 bits per heavy atom. The second-order valence-corrected chi connectivity index (χ2v) is 5.66. The molecule has 2 aromatic carbocycles. The van der Waals surface area contributed by atoms with Crippen molar-refractivity contribution in [3.05, 3.63) is 70.5 Å². The van der Waals surface area contributed by atoms with Gasteiger partial charge in [-0.25, -0.2) is 4.39 Å². The van der Waals surface area contributed by atoms with Crippen molar-refractivity contribution in [3.8, 4) is 0 Å². The second-order valence-electron chi connectivity index (χ2n) is 5.66. The molecule has 2 rings (SSSR count). The Morgan fingerprint density at radius 3 is 1.68 bits per heavy atom. The zero-order valence-corrected chi connectivity index (χ0v) is 13.4. The van der Waals surface area contributed by atoms with Crippen LogP contribution in [-0.2, 0) is 22.4 Å². The van der Waals surface area contributed by atoms with Crippen LogP contribution in [0.1, 0.15) is 39.9 Å². The molecule has 0 aliphatic heterocycles. The number of carbonyl (C=O) groups is 3. The molecule has 0 saturated carbocycles. The minimum absolute atomic E-state index is 0.0907. The second kappa shape index (κ2) is 8.19. The van der Waals surface area contributed by atoms with Crippen molar-refractivity contribution in [3.63, 3.8) is 0 Å². The smallest absolute Gasteiger partial charge is 0.303 e. The van der Waals surface area contributed by atoms with Gasteiger partial charge in [0.2, 0.25) is 0 Å². The van der Waals surface area contributed by atoms with E-state index >= 15 is 0 Å². The van der Waals surface area contributed by atoms with Crippen LogP contribution in [0.3, 0.4) is 0 Å². The molecule has 0 aromatic heterocycles. The van der Waals surface area contributed by atoms with E-state index in [2.05, 4.69) is 0 Å². The van der Waals surface area contributed by atoms with E-state index in [1.54, 1.807) is 18.2 Å². The van der Waals surface area contributed by atoms with Crippen LogP contribution in [0, 0.1) is 5.82 Å².